The third-order valence-corrected chi connectivity index (χ3v) is 4.80. The number of ketones is 2. The highest BCUT2D eigenvalue weighted by atomic mass is 19.1. The van der Waals surface area contributed by atoms with Crippen molar-refractivity contribution in [1.29, 1.82) is 0 Å². The van der Waals surface area contributed by atoms with Crippen molar-refractivity contribution in [3.63, 3.8) is 0 Å². The normalized spacial score (nSPS) is 15.7. The van der Waals surface area contributed by atoms with Crippen molar-refractivity contribution in [2.45, 2.75) is 20.3 Å². The maximum Gasteiger partial charge on any atom is 0.233 e. The van der Waals surface area contributed by atoms with Gasteiger partial charge in [0.05, 0.1) is 17.0 Å². The summed E-state index contributed by atoms with van der Waals surface area (Å²) < 4.78 is 29.1. The molecule has 0 radical (unpaired) electrons. The number of nitrogens with zero attached hydrogens (tertiary/aromatic N) is 2. The van der Waals surface area contributed by atoms with Gasteiger partial charge in [-0.05, 0) is 12.1 Å². The zero-order valence-electron chi connectivity index (χ0n) is 14.8. The number of aromatic nitrogens is 2. The number of rotatable bonds is 2. The molecular formula is C21H16F2N2O2. The summed E-state index contributed by atoms with van der Waals surface area (Å²) in [5.74, 6) is -2.63. The monoisotopic (exact) mass is 366 g/mol. The van der Waals surface area contributed by atoms with Crippen LogP contribution < -0.4 is 0 Å². The molecule has 0 amide bonds. The summed E-state index contributed by atoms with van der Waals surface area (Å²) in [6.45, 7) is 3.38. The fraction of sp³-hybridized carbons (Fsp3) is 0.190. The molecule has 6 heteroatoms. The number of Topliss-reactive ketones (excluding diaryl/α,β-unsaturated/α-hetero) is 2. The Morgan fingerprint density at radius 3 is 2.41 bits per heavy atom. The lowest BCUT2D eigenvalue weighted by molar-refractivity contribution is -0.123. The molecule has 0 N–H and O–H groups in total. The van der Waals surface area contributed by atoms with Gasteiger partial charge in [-0.25, -0.2) is 13.5 Å². The first-order valence-electron chi connectivity index (χ1n) is 8.51. The standard InChI is InChI=1S/C21H16F2N2O2/c1-21(2)11-15-17(19(26)20(21)27)18(12-6-4-3-5-7-12)25(24-15)16-9-8-13(22)10-14(16)23/h3-10H,11H2,1-2H3. The first-order valence-corrected chi connectivity index (χ1v) is 8.51. The van der Waals surface area contributed by atoms with Gasteiger partial charge in [0.25, 0.3) is 0 Å². The molecule has 4 rings (SSSR count). The maximum absolute atomic E-state index is 14.5. The first-order chi connectivity index (χ1) is 12.8. The Morgan fingerprint density at radius 2 is 1.74 bits per heavy atom. The van der Waals surface area contributed by atoms with Gasteiger partial charge in [0.1, 0.15) is 11.5 Å². The Labute approximate surface area is 154 Å². The number of halogens is 2. The van der Waals surface area contributed by atoms with E-state index in [9.17, 15) is 18.4 Å². The number of benzene rings is 2. The van der Waals surface area contributed by atoms with E-state index in [-0.39, 0.29) is 17.7 Å². The molecule has 1 aliphatic carbocycles. The predicted molar refractivity (Wildman–Crippen MR) is 95.7 cm³/mol. The topological polar surface area (TPSA) is 52.0 Å². The van der Waals surface area contributed by atoms with Crippen LogP contribution in [-0.2, 0) is 11.2 Å². The van der Waals surface area contributed by atoms with Crippen molar-refractivity contribution in [3.8, 4) is 16.9 Å². The summed E-state index contributed by atoms with van der Waals surface area (Å²) in [7, 11) is 0. The Morgan fingerprint density at radius 1 is 1.04 bits per heavy atom. The highest BCUT2D eigenvalue weighted by Crippen LogP contribution is 2.38. The van der Waals surface area contributed by atoms with Crippen LogP contribution in [0.4, 0.5) is 8.78 Å². The van der Waals surface area contributed by atoms with Gasteiger partial charge in [-0.2, -0.15) is 5.10 Å². The maximum atomic E-state index is 14.5. The van der Waals surface area contributed by atoms with E-state index in [2.05, 4.69) is 5.10 Å². The predicted octanol–water partition coefficient (Wildman–Crippen LogP) is 4.15. The molecule has 136 valence electrons. The van der Waals surface area contributed by atoms with E-state index in [1.54, 1.807) is 38.1 Å². The molecule has 0 aliphatic heterocycles. The number of fused-ring (bicyclic) bond motifs is 1. The molecule has 1 aromatic heterocycles. The fourth-order valence-electron chi connectivity index (χ4n) is 3.44. The lowest BCUT2D eigenvalue weighted by Crippen LogP contribution is -2.38. The van der Waals surface area contributed by atoms with Gasteiger partial charge in [0.2, 0.25) is 11.6 Å². The van der Waals surface area contributed by atoms with E-state index >= 15 is 0 Å². The lowest BCUT2D eigenvalue weighted by Gasteiger charge is -2.25. The Hall–Kier alpha value is -3.15. The van der Waals surface area contributed by atoms with E-state index in [1.807, 2.05) is 6.07 Å². The molecule has 0 bridgehead atoms. The van der Waals surface area contributed by atoms with Gasteiger partial charge in [-0.15, -0.1) is 0 Å². The van der Waals surface area contributed by atoms with Crippen molar-refractivity contribution in [1.82, 2.24) is 9.78 Å². The van der Waals surface area contributed by atoms with Gasteiger partial charge in [0.15, 0.2) is 5.82 Å². The van der Waals surface area contributed by atoms with Gasteiger partial charge >= 0.3 is 0 Å². The summed E-state index contributed by atoms with van der Waals surface area (Å²) in [6, 6.07) is 12.0. The molecule has 1 heterocycles. The average Bonchev–Trinajstić information content (AvgIpc) is 2.98. The summed E-state index contributed by atoms with van der Waals surface area (Å²) >= 11 is 0. The highest BCUT2D eigenvalue weighted by Gasteiger charge is 2.44. The second-order valence-electron chi connectivity index (χ2n) is 7.26. The largest absolute Gasteiger partial charge is 0.290 e. The fourth-order valence-corrected chi connectivity index (χ4v) is 3.44. The molecule has 2 aromatic carbocycles. The molecule has 4 nitrogen and oxygen atoms in total. The number of hydrogen-bond acceptors (Lipinski definition) is 3. The third kappa shape index (κ3) is 2.68. The zero-order valence-corrected chi connectivity index (χ0v) is 14.8. The van der Waals surface area contributed by atoms with Crippen molar-refractivity contribution in [2.75, 3.05) is 0 Å². The van der Waals surface area contributed by atoms with Crippen molar-refractivity contribution in [2.24, 2.45) is 5.41 Å². The first kappa shape index (κ1) is 17.3. The lowest BCUT2D eigenvalue weighted by atomic mass is 9.74. The molecule has 1 aliphatic rings. The molecular weight excluding hydrogens is 350 g/mol. The Kier molecular flexibility index (Phi) is 3.80. The van der Waals surface area contributed by atoms with Crippen LogP contribution in [0.15, 0.2) is 48.5 Å². The third-order valence-electron chi connectivity index (χ3n) is 4.80. The van der Waals surface area contributed by atoms with Crippen LogP contribution in [0.3, 0.4) is 0 Å². The molecule has 0 fully saturated rings. The Balaban J connectivity index is 2.05. The van der Waals surface area contributed by atoms with Crippen LogP contribution in [0, 0.1) is 17.0 Å². The Bertz CT molecular complexity index is 1090. The van der Waals surface area contributed by atoms with Gasteiger partial charge < -0.3 is 0 Å². The van der Waals surface area contributed by atoms with Crippen LogP contribution in [0.2, 0.25) is 0 Å². The minimum Gasteiger partial charge on any atom is -0.290 e. The van der Waals surface area contributed by atoms with E-state index in [1.165, 1.54) is 10.7 Å². The summed E-state index contributed by atoms with van der Waals surface area (Å²) in [4.78, 5) is 25.4. The molecule has 0 unspecified atom stereocenters. The molecule has 3 aromatic rings. The van der Waals surface area contributed by atoms with E-state index < -0.39 is 28.6 Å². The molecule has 0 atom stereocenters. The van der Waals surface area contributed by atoms with E-state index in [4.69, 9.17) is 0 Å². The van der Waals surface area contributed by atoms with Crippen LogP contribution in [0.1, 0.15) is 29.9 Å². The second-order valence-corrected chi connectivity index (χ2v) is 7.26. The van der Waals surface area contributed by atoms with Crippen LogP contribution in [0.5, 0.6) is 0 Å². The summed E-state index contributed by atoms with van der Waals surface area (Å²) in [5.41, 5.74) is 0.725. The highest BCUT2D eigenvalue weighted by molar-refractivity contribution is 6.47. The van der Waals surface area contributed by atoms with Crippen LogP contribution in [0.25, 0.3) is 16.9 Å². The van der Waals surface area contributed by atoms with Gasteiger partial charge in [-0.3, -0.25) is 9.59 Å². The minimum atomic E-state index is -0.876. The molecule has 27 heavy (non-hydrogen) atoms. The van der Waals surface area contributed by atoms with Gasteiger partial charge in [0, 0.05) is 23.5 Å². The zero-order chi connectivity index (χ0) is 19.3. The smallest absolute Gasteiger partial charge is 0.233 e. The SMILES string of the molecule is CC1(C)Cc2nn(-c3ccc(F)cc3F)c(-c3ccccc3)c2C(=O)C1=O. The van der Waals surface area contributed by atoms with Gasteiger partial charge in [-0.1, -0.05) is 44.2 Å². The van der Waals surface area contributed by atoms with E-state index in [0.717, 1.165) is 12.1 Å². The van der Waals surface area contributed by atoms with Crippen LogP contribution in [-0.4, -0.2) is 21.3 Å². The second kappa shape index (κ2) is 5.94. The van der Waals surface area contributed by atoms with Crippen molar-refractivity contribution < 1.29 is 18.4 Å². The van der Waals surface area contributed by atoms with Crippen molar-refractivity contribution >= 4 is 11.6 Å². The average molecular weight is 366 g/mol. The molecule has 0 spiro atoms. The quantitative estimate of drug-likeness (QED) is 0.640. The summed E-state index contributed by atoms with van der Waals surface area (Å²) in [5, 5.41) is 4.45. The molecule has 0 saturated carbocycles. The number of carbonyl (C=O) groups is 2. The minimum absolute atomic E-state index is 0.0164. The number of hydrogen-bond donors (Lipinski definition) is 0. The van der Waals surface area contributed by atoms with E-state index in [0.29, 0.717) is 17.0 Å². The van der Waals surface area contributed by atoms with Crippen LogP contribution >= 0.6 is 0 Å². The van der Waals surface area contributed by atoms with Crippen molar-refractivity contribution in [3.05, 3.63) is 71.4 Å². The molecule has 0 saturated heterocycles. The summed E-state index contributed by atoms with van der Waals surface area (Å²) in [6.07, 6.45) is 0.266. The number of carbonyl (C=O) groups excluding carboxylic acids is 2.